The summed E-state index contributed by atoms with van der Waals surface area (Å²) in [7, 11) is -1.37. The molecule has 0 spiro atoms. The second-order valence-corrected chi connectivity index (χ2v) is 3.12. The summed E-state index contributed by atoms with van der Waals surface area (Å²) in [6.07, 6.45) is 3.39. The molecule has 0 heterocycles. The van der Waals surface area contributed by atoms with Gasteiger partial charge < -0.3 is 9.42 Å². The Labute approximate surface area is 58.1 Å². The highest BCUT2D eigenvalue weighted by Gasteiger charge is 1.85. The minimum absolute atomic E-state index is 0.652. The summed E-state index contributed by atoms with van der Waals surface area (Å²) in [6, 6.07) is 0. The van der Waals surface area contributed by atoms with E-state index >= 15 is 0 Å². The Morgan fingerprint density at radius 1 is 1.44 bits per heavy atom. The lowest BCUT2D eigenvalue weighted by Crippen LogP contribution is -1.98. The fraction of sp³-hybridized carbons (Fsp3) is 1.00. The van der Waals surface area contributed by atoms with Crippen LogP contribution in [0.3, 0.4) is 0 Å². The maximum atomic E-state index is 10.3. The van der Waals surface area contributed by atoms with Gasteiger partial charge in [0.25, 0.3) is 0 Å². The topological polar surface area (TPSA) is 32.3 Å². The molecule has 0 aromatic heterocycles. The van der Waals surface area contributed by atoms with Crippen molar-refractivity contribution in [2.45, 2.75) is 26.2 Å². The number of hydrogen-bond acceptors (Lipinski definition) is 2. The average molecular weight is 149 g/mol. The lowest BCUT2D eigenvalue weighted by atomic mass is 10.3. The maximum Gasteiger partial charge on any atom is 0.0492 e. The molecule has 0 amide bonds. The largest absolute Gasteiger partial charge is 0.808 e. The molecule has 0 bridgehead atoms. The lowest BCUT2D eigenvalue weighted by Gasteiger charge is -2.16. The molecule has 1 unspecified atom stereocenters. The van der Waals surface area contributed by atoms with E-state index in [1.165, 1.54) is 12.8 Å². The van der Waals surface area contributed by atoms with Gasteiger partial charge in [0, 0.05) is 6.61 Å². The van der Waals surface area contributed by atoms with Gasteiger partial charge in [-0.05, 0) is 13.1 Å². The number of unbranched alkanes of at least 4 members (excludes halogenated alkanes) is 2. The number of rotatable bonds is 5. The first-order chi connectivity index (χ1) is 4.27. The van der Waals surface area contributed by atoms with Gasteiger partial charge in [-0.3, -0.25) is 0 Å². The van der Waals surface area contributed by atoms with Gasteiger partial charge in [-0.25, -0.2) is 0 Å². The second kappa shape index (κ2) is 6.47. The van der Waals surface area contributed by atoms with Crippen LogP contribution in [0.1, 0.15) is 26.2 Å². The van der Waals surface area contributed by atoms with E-state index in [0.29, 0.717) is 6.61 Å². The zero-order valence-corrected chi connectivity index (χ0v) is 6.99. The van der Waals surface area contributed by atoms with Gasteiger partial charge in [-0.2, -0.15) is 0 Å². The van der Waals surface area contributed by atoms with E-state index in [9.17, 15) is 4.89 Å². The molecule has 0 radical (unpaired) electrons. The quantitative estimate of drug-likeness (QED) is 0.438. The van der Waals surface area contributed by atoms with E-state index in [-0.39, 0.29) is 0 Å². The zero-order valence-electron chi connectivity index (χ0n) is 6.09. The third-order valence-corrected chi connectivity index (χ3v) is 1.57. The first-order valence-corrected chi connectivity index (χ1v) is 4.93. The highest BCUT2D eigenvalue weighted by atomic mass is 31.2. The monoisotopic (exact) mass is 149 g/mol. The van der Waals surface area contributed by atoms with Crippen LogP contribution in [0.2, 0.25) is 0 Å². The molecule has 0 aliphatic rings. The smallest absolute Gasteiger partial charge is 0.0492 e. The SMILES string of the molecule is CCCCCOP(C)[O-]. The molecular formula is C6H14O2P-. The summed E-state index contributed by atoms with van der Waals surface area (Å²) in [5.74, 6) is 0. The van der Waals surface area contributed by atoms with Crippen LogP contribution in [-0.2, 0) is 4.52 Å². The predicted molar refractivity (Wildman–Crippen MR) is 38.3 cm³/mol. The molecule has 1 atom stereocenters. The van der Waals surface area contributed by atoms with E-state index in [4.69, 9.17) is 4.52 Å². The molecule has 0 rings (SSSR count). The van der Waals surface area contributed by atoms with Crippen LogP contribution in [0.4, 0.5) is 0 Å². The van der Waals surface area contributed by atoms with E-state index < -0.39 is 8.38 Å². The summed E-state index contributed by atoms with van der Waals surface area (Å²) < 4.78 is 4.85. The highest BCUT2D eigenvalue weighted by molar-refractivity contribution is 7.43. The maximum absolute atomic E-state index is 10.3. The highest BCUT2D eigenvalue weighted by Crippen LogP contribution is 2.19. The third-order valence-electron chi connectivity index (χ3n) is 1.02. The summed E-state index contributed by atoms with van der Waals surface area (Å²) in [5, 5.41) is 0. The normalized spacial score (nSPS) is 13.7. The van der Waals surface area contributed by atoms with Gasteiger partial charge in [0.2, 0.25) is 0 Å². The Bertz CT molecular complexity index is 57.0. The Hall–Kier alpha value is 0.350. The molecule has 0 saturated carbocycles. The molecule has 0 saturated heterocycles. The zero-order chi connectivity index (χ0) is 7.11. The van der Waals surface area contributed by atoms with Crippen molar-refractivity contribution < 1.29 is 9.42 Å². The minimum Gasteiger partial charge on any atom is -0.808 e. The Morgan fingerprint density at radius 3 is 2.56 bits per heavy atom. The van der Waals surface area contributed by atoms with E-state index in [1.807, 2.05) is 0 Å². The minimum atomic E-state index is -1.37. The van der Waals surface area contributed by atoms with Crippen molar-refractivity contribution in [3.63, 3.8) is 0 Å². The first kappa shape index (κ1) is 9.35. The van der Waals surface area contributed by atoms with Crippen molar-refractivity contribution >= 4 is 8.38 Å². The van der Waals surface area contributed by atoms with Crippen molar-refractivity contribution in [3.05, 3.63) is 0 Å². The van der Waals surface area contributed by atoms with Crippen molar-refractivity contribution in [3.8, 4) is 0 Å². The molecule has 0 N–H and O–H groups in total. The molecule has 2 nitrogen and oxygen atoms in total. The van der Waals surface area contributed by atoms with Gasteiger partial charge >= 0.3 is 0 Å². The summed E-state index contributed by atoms with van der Waals surface area (Å²) >= 11 is 0. The first-order valence-electron chi connectivity index (χ1n) is 3.31. The lowest BCUT2D eigenvalue weighted by molar-refractivity contribution is -0.178. The molecule has 0 aliphatic heterocycles. The van der Waals surface area contributed by atoms with Crippen LogP contribution < -0.4 is 4.89 Å². The standard InChI is InChI=1S/C6H14O2P/c1-3-4-5-6-8-9(2)7/h3-6H2,1-2H3/q-1. The second-order valence-electron chi connectivity index (χ2n) is 1.98. The Kier molecular flexibility index (Phi) is 6.72. The Morgan fingerprint density at radius 2 is 2.11 bits per heavy atom. The van der Waals surface area contributed by atoms with Crippen LogP contribution in [0.5, 0.6) is 0 Å². The molecule has 0 fully saturated rings. The van der Waals surface area contributed by atoms with Crippen LogP contribution >= 0.6 is 8.38 Å². The summed E-state index contributed by atoms with van der Waals surface area (Å²) in [5.41, 5.74) is 0. The van der Waals surface area contributed by atoms with Crippen LogP contribution in [-0.4, -0.2) is 13.3 Å². The average Bonchev–Trinajstić information content (AvgIpc) is 1.80. The van der Waals surface area contributed by atoms with Gasteiger partial charge in [-0.1, -0.05) is 28.1 Å². The Balaban J connectivity index is 2.75. The molecular weight excluding hydrogens is 135 g/mol. The van der Waals surface area contributed by atoms with Gasteiger partial charge in [0.15, 0.2) is 0 Å². The third kappa shape index (κ3) is 8.35. The molecule has 9 heavy (non-hydrogen) atoms. The van der Waals surface area contributed by atoms with E-state index in [2.05, 4.69) is 6.92 Å². The predicted octanol–water partition coefficient (Wildman–Crippen LogP) is 1.50. The van der Waals surface area contributed by atoms with Crippen LogP contribution in [0.25, 0.3) is 0 Å². The molecule has 0 aromatic rings. The van der Waals surface area contributed by atoms with Gasteiger partial charge in [0.1, 0.15) is 0 Å². The van der Waals surface area contributed by atoms with Crippen molar-refractivity contribution in [2.75, 3.05) is 13.3 Å². The summed E-state index contributed by atoms with van der Waals surface area (Å²) in [4.78, 5) is 10.3. The summed E-state index contributed by atoms with van der Waals surface area (Å²) in [6.45, 7) is 4.37. The van der Waals surface area contributed by atoms with Crippen LogP contribution in [0.15, 0.2) is 0 Å². The van der Waals surface area contributed by atoms with Crippen LogP contribution in [0, 0.1) is 0 Å². The fourth-order valence-corrected chi connectivity index (χ4v) is 0.931. The molecule has 3 heteroatoms. The van der Waals surface area contributed by atoms with Crippen molar-refractivity contribution in [1.29, 1.82) is 0 Å². The fourth-order valence-electron chi connectivity index (χ4n) is 0.545. The van der Waals surface area contributed by atoms with Crippen molar-refractivity contribution in [2.24, 2.45) is 0 Å². The number of hydrogen-bond donors (Lipinski definition) is 0. The van der Waals surface area contributed by atoms with Gasteiger partial charge in [-0.15, -0.1) is 0 Å². The molecule has 56 valence electrons. The molecule has 0 aliphatic carbocycles. The molecule has 0 aromatic carbocycles. The van der Waals surface area contributed by atoms with Gasteiger partial charge in [0.05, 0.1) is 0 Å². The van der Waals surface area contributed by atoms with Crippen molar-refractivity contribution in [1.82, 2.24) is 0 Å². The van der Waals surface area contributed by atoms with E-state index in [0.717, 1.165) is 6.42 Å². The van der Waals surface area contributed by atoms with E-state index in [1.54, 1.807) is 6.66 Å².